The smallest absolute Gasteiger partial charge is 0.317 e. The average Bonchev–Trinajstić information content (AvgIpc) is 2.96. The third-order valence-corrected chi connectivity index (χ3v) is 3.95. The molecule has 0 bridgehead atoms. The molecule has 1 unspecified atom stereocenters. The fourth-order valence-electron chi connectivity index (χ4n) is 2.95. The summed E-state index contributed by atoms with van der Waals surface area (Å²) in [6, 6.07) is 17.8. The Labute approximate surface area is 142 Å². The second-order valence-electron chi connectivity index (χ2n) is 5.51. The molecule has 0 radical (unpaired) electrons. The molecule has 1 saturated heterocycles. The quantitative estimate of drug-likeness (QED) is 0.894. The minimum Gasteiger partial charge on any atom is -0.480 e. The van der Waals surface area contributed by atoms with Gasteiger partial charge in [0.1, 0.15) is 11.5 Å². The zero-order valence-corrected chi connectivity index (χ0v) is 13.5. The molecule has 1 atom stereocenters. The number of rotatable bonds is 5. The molecule has 0 saturated carbocycles. The molecule has 0 aliphatic carbocycles. The van der Waals surface area contributed by atoms with Crippen LogP contribution in [0.3, 0.4) is 0 Å². The predicted octanol–water partition coefficient (Wildman–Crippen LogP) is 4.12. The molecule has 1 aliphatic heterocycles. The predicted molar refractivity (Wildman–Crippen MR) is 91.4 cm³/mol. The van der Waals surface area contributed by atoms with E-state index in [0.717, 1.165) is 36.4 Å². The van der Waals surface area contributed by atoms with E-state index < -0.39 is 5.97 Å². The Balaban J connectivity index is 0.00000192. The molecule has 3 rings (SSSR count). The Morgan fingerprint density at radius 2 is 1.74 bits per heavy atom. The Morgan fingerprint density at radius 3 is 2.39 bits per heavy atom. The monoisotopic (exact) mass is 333 g/mol. The molecule has 122 valence electrons. The lowest BCUT2D eigenvalue weighted by molar-refractivity contribution is -0.138. The Kier molecular flexibility index (Phi) is 6.02. The van der Waals surface area contributed by atoms with E-state index in [0.29, 0.717) is 0 Å². The standard InChI is InChI=1S/C18H19NO3.ClH/c20-18(21)13-19-12-4-7-17(19)14-8-10-16(11-9-14)22-15-5-2-1-3-6-15;/h1-3,5-6,8-11,17H,4,7,12-13H2,(H,20,21);1H. The average molecular weight is 334 g/mol. The first-order chi connectivity index (χ1) is 10.7. The SMILES string of the molecule is Cl.O=C(O)CN1CCCC1c1ccc(Oc2ccccc2)cc1. The van der Waals surface area contributed by atoms with Gasteiger partial charge in [0.2, 0.25) is 0 Å². The van der Waals surface area contributed by atoms with E-state index in [1.54, 1.807) is 0 Å². The number of likely N-dealkylation sites (tertiary alicyclic amines) is 1. The van der Waals surface area contributed by atoms with Crippen LogP contribution in [0.25, 0.3) is 0 Å². The highest BCUT2D eigenvalue weighted by atomic mass is 35.5. The van der Waals surface area contributed by atoms with Crippen LogP contribution >= 0.6 is 12.4 Å². The number of hydrogen-bond donors (Lipinski definition) is 1. The van der Waals surface area contributed by atoms with Crippen LogP contribution in [0, 0.1) is 0 Å². The number of aliphatic carboxylic acids is 1. The first-order valence-electron chi connectivity index (χ1n) is 7.51. The molecule has 0 spiro atoms. The molecule has 4 nitrogen and oxygen atoms in total. The second-order valence-corrected chi connectivity index (χ2v) is 5.51. The van der Waals surface area contributed by atoms with Crippen LogP contribution in [-0.2, 0) is 4.79 Å². The van der Waals surface area contributed by atoms with E-state index in [9.17, 15) is 4.79 Å². The Bertz CT molecular complexity index is 630. The van der Waals surface area contributed by atoms with Crippen molar-refractivity contribution >= 4 is 18.4 Å². The van der Waals surface area contributed by atoms with Crippen molar-refractivity contribution < 1.29 is 14.6 Å². The van der Waals surface area contributed by atoms with Crippen LogP contribution in [0.5, 0.6) is 11.5 Å². The minimum absolute atomic E-state index is 0. The molecule has 1 N–H and O–H groups in total. The van der Waals surface area contributed by atoms with Crippen molar-refractivity contribution in [1.82, 2.24) is 4.90 Å². The number of halogens is 1. The normalized spacial score (nSPS) is 17.5. The van der Waals surface area contributed by atoms with Crippen molar-refractivity contribution in [2.24, 2.45) is 0 Å². The molecule has 0 aromatic heterocycles. The van der Waals surface area contributed by atoms with Gasteiger partial charge in [0.25, 0.3) is 0 Å². The summed E-state index contributed by atoms with van der Waals surface area (Å²) >= 11 is 0. The zero-order valence-electron chi connectivity index (χ0n) is 12.7. The molecule has 1 heterocycles. The maximum atomic E-state index is 10.9. The molecule has 0 amide bonds. The molecule has 23 heavy (non-hydrogen) atoms. The summed E-state index contributed by atoms with van der Waals surface area (Å²) < 4.78 is 5.78. The van der Waals surface area contributed by atoms with Gasteiger partial charge in [0, 0.05) is 6.04 Å². The van der Waals surface area contributed by atoms with Crippen LogP contribution in [-0.4, -0.2) is 29.1 Å². The molecular formula is C18H20ClNO3. The van der Waals surface area contributed by atoms with Gasteiger partial charge < -0.3 is 9.84 Å². The van der Waals surface area contributed by atoms with Crippen LogP contribution in [0.1, 0.15) is 24.4 Å². The number of carbonyl (C=O) groups is 1. The topological polar surface area (TPSA) is 49.8 Å². The van der Waals surface area contributed by atoms with Gasteiger partial charge in [0.15, 0.2) is 0 Å². The number of carboxylic acid groups (broad SMARTS) is 1. The van der Waals surface area contributed by atoms with Gasteiger partial charge in [0.05, 0.1) is 6.54 Å². The lowest BCUT2D eigenvalue weighted by atomic mass is 10.0. The Hall–Kier alpha value is -2.04. The highest BCUT2D eigenvalue weighted by Crippen LogP contribution is 2.33. The van der Waals surface area contributed by atoms with E-state index in [2.05, 4.69) is 0 Å². The number of benzene rings is 2. The zero-order chi connectivity index (χ0) is 15.4. The van der Waals surface area contributed by atoms with E-state index in [1.807, 2.05) is 59.5 Å². The highest BCUT2D eigenvalue weighted by Gasteiger charge is 2.27. The fraction of sp³-hybridized carbons (Fsp3) is 0.278. The lowest BCUT2D eigenvalue weighted by Gasteiger charge is -2.23. The van der Waals surface area contributed by atoms with E-state index >= 15 is 0 Å². The Morgan fingerprint density at radius 1 is 1.09 bits per heavy atom. The molecule has 2 aromatic rings. The molecule has 2 aromatic carbocycles. The third kappa shape index (κ3) is 4.47. The van der Waals surface area contributed by atoms with Crippen molar-refractivity contribution in [3.05, 3.63) is 60.2 Å². The van der Waals surface area contributed by atoms with E-state index in [1.165, 1.54) is 0 Å². The summed E-state index contributed by atoms with van der Waals surface area (Å²) in [5.41, 5.74) is 1.15. The van der Waals surface area contributed by atoms with Gasteiger partial charge in [-0.1, -0.05) is 30.3 Å². The fourth-order valence-corrected chi connectivity index (χ4v) is 2.95. The number of nitrogens with zero attached hydrogens (tertiary/aromatic N) is 1. The van der Waals surface area contributed by atoms with Gasteiger partial charge in [-0.25, -0.2) is 0 Å². The number of carboxylic acids is 1. The summed E-state index contributed by atoms with van der Waals surface area (Å²) in [6.45, 7) is 0.951. The van der Waals surface area contributed by atoms with Gasteiger partial charge >= 0.3 is 5.97 Å². The van der Waals surface area contributed by atoms with Crippen LogP contribution < -0.4 is 4.74 Å². The molecule has 1 fully saturated rings. The third-order valence-electron chi connectivity index (χ3n) is 3.95. The lowest BCUT2D eigenvalue weighted by Crippen LogP contribution is -2.29. The maximum absolute atomic E-state index is 10.9. The van der Waals surface area contributed by atoms with Gasteiger partial charge in [-0.05, 0) is 49.2 Å². The summed E-state index contributed by atoms with van der Waals surface area (Å²) in [6.07, 6.45) is 2.05. The van der Waals surface area contributed by atoms with Gasteiger partial charge in [-0.2, -0.15) is 0 Å². The van der Waals surface area contributed by atoms with Crippen molar-refractivity contribution in [1.29, 1.82) is 0 Å². The molecule has 5 heteroatoms. The van der Waals surface area contributed by atoms with Crippen LogP contribution in [0.15, 0.2) is 54.6 Å². The van der Waals surface area contributed by atoms with Crippen molar-refractivity contribution in [3.8, 4) is 11.5 Å². The summed E-state index contributed by atoms with van der Waals surface area (Å²) in [7, 11) is 0. The summed E-state index contributed by atoms with van der Waals surface area (Å²) in [4.78, 5) is 13.0. The first kappa shape index (κ1) is 17.3. The van der Waals surface area contributed by atoms with E-state index in [-0.39, 0.29) is 25.0 Å². The van der Waals surface area contributed by atoms with Crippen LogP contribution in [0.2, 0.25) is 0 Å². The molecule has 1 aliphatic rings. The highest BCUT2D eigenvalue weighted by molar-refractivity contribution is 5.85. The number of ether oxygens (including phenoxy) is 1. The van der Waals surface area contributed by atoms with Gasteiger partial charge in [-0.3, -0.25) is 9.69 Å². The van der Waals surface area contributed by atoms with Crippen LogP contribution in [0.4, 0.5) is 0 Å². The minimum atomic E-state index is -0.768. The number of para-hydroxylation sites is 1. The second kappa shape index (κ2) is 7.99. The van der Waals surface area contributed by atoms with Gasteiger partial charge in [-0.15, -0.1) is 12.4 Å². The maximum Gasteiger partial charge on any atom is 0.317 e. The largest absolute Gasteiger partial charge is 0.480 e. The van der Waals surface area contributed by atoms with E-state index in [4.69, 9.17) is 9.84 Å². The molecular weight excluding hydrogens is 314 g/mol. The van der Waals surface area contributed by atoms with Crippen molar-refractivity contribution in [2.45, 2.75) is 18.9 Å². The summed E-state index contributed by atoms with van der Waals surface area (Å²) in [5, 5.41) is 8.99. The number of hydrogen-bond acceptors (Lipinski definition) is 3. The summed E-state index contributed by atoms with van der Waals surface area (Å²) in [5.74, 6) is 0.831. The van der Waals surface area contributed by atoms with Crippen molar-refractivity contribution in [3.63, 3.8) is 0 Å². The van der Waals surface area contributed by atoms with Crippen molar-refractivity contribution in [2.75, 3.05) is 13.1 Å². The first-order valence-corrected chi connectivity index (χ1v) is 7.51.